The lowest BCUT2D eigenvalue weighted by molar-refractivity contribution is 0.0541. The Morgan fingerprint density at radius 2 is 2.29 bits per heavy atom. The molecular weight excluding hydrogens is 214 g/mol. The van der Waals surface area contributed by atoms with Crippen LogP contribution in [0.1, 0.15) is 26.7 Å². The summed E-state index contributed by atoms with van der Waals surface area (Å²) in [6, 6.07) is 0. The van der Waals surface area contributed by atoms with Crippen molar-refractivity contribution in [2.75, 3.05) is 32.9 Å². The monoisotopic (exact) mass is 239 g/mol. The molecule has 0 aliphatic carbocycles. The molecule has 3 nitrogen and oxygen atoms in total. The van der Waals surface area contributed by atoms with Crippen LogP contribution in [0.25, 0.3) is 0 Å². The van der Waals surface area contributed by atoms with Crippen molar-refractivity contribution in [2.24, 2.45) is 11.8 Å². The van der Waals surface area contributed by atoms with E-state index in [9.17, 15) is 0 Å². The maximum absolute atomic E-state index is 5.79. The van der Waals surface area contributed by atoms with Crippen molar-refractivity contribution in [3.05, 3.63) is 11.6 Å². The normalized spacial score (nSPS) is 29.7. The summed E-state index contributed by atoms with van der Waals surface area (Å²) in [6.45, 7) is 9.17. The van der Waals surface area contributed by atoms with Crippen LogP contribution in [-0.2, 0) is 9.47 Å². The van der Waals surface area contributed by atoms with Gasteiger partial charge in [-0.25, -0.2) is 0 Å². The van der Waals surface area contributed by atoms with E-state index in [1.807, 2.05) is 0 Å². The highest BCUT2D eigenvalue weighted by atomic mass is 16.5. The molecule has 0 unspecified atom stereocenters. The van der Waals surface area contributed by atoms with Crippen molar-refractivity contribution in [2.45, 2.75) is 32.8 Å². The van der Waals surface area contributed by atoms with E-state index >= 15 is 0 Å². The molecule has 2 rings (SSSR count). The first kappa shape index (κ1) is 13.1. The summed E-state index contributed by atoms with van der Waals surface area (Å²) in [6.07, 6.45) is 5.02. The molecule has 0 amide bonds. The van der Waals surface area contributed by atoms with Crippen LogP contribution in [0.15, 0.2) is 11.6 Å². The molecule has 1 fully saturated rings. The SMILES string of the molecule is CC(C)[C@H]1OCC[C@@H]1CNCC1=CCCOC1. The molecule has 0 spiro atoms. The van der Waals surface area contributed by atoms with Gasteiger partial charge in [0.25, 0.3) is 0 Å². The molecule has 0 aromatic rings. The summed E-state index contributed by atoms with van der Waals surface area (Å²) in [7, 11) is 0. The van der Waals surface area contributed by atoms with E-state index in [4.69, 9.17) is 9.47 Å². The third-order valence-electron chi connectivity index (χ3n) is 3.66. The second kappa shape index (κ2) is 6.53. The van der Waals surface area contributed by atoms with Crippen LogP contribution in [0.2, 0.25) is 0 Å². The average molecular weight is 239 g/mol. The Hall–Kier alpha value is -0.380. The standard InChI is InChI=1S/C14H25NO2/c1-11(2)14-13(5-7-17-14)9-15-8-12-4-3-6-16-10-12/h4,11,13-15H,3,5-10H2,1-2H3/t13-,14-/m1/s1. The highest BCUT2D eigenvalue weighted by Crippen LogP contribution is 2.26. The van der Waals surface area contributed by atoms with Gasteiger partial charge >= 0.3 is 0 Å². The van der Waals surface area contributed by atoms with Gasteiger partial charge in [0.1, 0.15) is 0 Å². The van der Waals surface area contributed by atoms with Gasteiger partial charge in [-0.05, 0) is 30.3 Å². The van der Waals surface area contributed by atoms with E-state index in [0.717, 1.165) is 39.3 Å². The molecule has 0 radical (unpaired) electrons. The van der Waals surface area contributed by atoms with E-state index in [0.29, 0.717) is 17.9 Å². The minimum atomic E-state index is 0.444. The maximum Gasteiger partial charge on any atom is 0.0689 e. The van der Waals surface area contributed by atoms with Gasteiger partial charge in [0, 0.05) is 19.7 Å². The van der Waals surface area contributed by atoms with Crippen LogP contribution in [-0.4, -0.2) is 39.0 Å². The van der Waals surface area contributed by atoms with Crippen molar-refractivity contribution in [3.63, 3.8) is 0 Å². The lowest BCUT2D eigenvalue weighted by Crippen LogP contribution is -2.33. The van der Waals surface area contributed by atoms with E-state index in [1.54, 1.807) is 0 Å². The molecular formula is C14H25NO2. The topological polar surface area (TPSA) is 30.5 Å². The number of hydrogen-bond donors (Lipinski definition) is 1. The predicted octanol–water partition coefficient (Wildman–Crippen LogP) is 1.98. The van der Waals surface area contributed by atoms with Crippen molar-refractivity contribution in [1.29, 1.82) is 0 Å². The Bertz CT molecular complexity index is 263. The lowest BCUT2D eigenvalue weighted by Gasteiger charge is -2.23. The number of rotatable bonds is 5. The van der Waals surface area contributed by atoms with Crippen molar-refractivity contribution < 1.29 is 9.47 Å². The van der Waals surface area contributed by atoms with Crippen molar-refractivity contribution in [3.8, 4) is 0 Å². The van der Waals surface area contributed by atoms with Gasteiger partial charge in [-0.2, -0.15) is 0 Å². The smallest absolute Gasteiger partial charge is 0.0689 e. The van der Waals surface area contributed by atoms with Crippen LogP contribution in [0, 0.1) is 11.8 Å². The molecule has 1 N–H and O–H groups in total. The molecule has 0 aromatic heterocycles. The van der Waals surface area contributed by atoms with E-state index in [1.165, 1.54) is 12.0 Å². The Morgan fingerprint density at radius 1 is 1.41 bits per heavy atom. The summed E-state index contributed by atoms with van der Waals surface area (Å²) in [4.78, 5) is 0. The number of hydrogen-bond acceptors (Lipinski definition) is 3. The van der Waals surface area contributed by atoms with Gasteiger partial charge in [0.15, 0.2) is 0 Å². The average Bonchev–Trinajstić information content (AvgIpc) is 2.79. The fourth-order valence-corrected chi connectivity index (χ4v) is 2.76. The molecule has 98 valence electrons. The molecule has 2 atom stereocenters. The van der Waals surface area contributed by atoms with Crippen LogP contribution in [0.3, 0.4) is 0 Å². The fraction of sp³-hybridized carbons (Fsp3) is 0.857. The van der Waals surface area contributed by atoms with E-state index in [2.05, 4.69) is 25.2 Å². The summed E-state index contributed by atoms with van der Waals surface area (Å²) >= 11 is 0. The van der Waals surface area contributed by atoms with Crippen LogP contribution >= 0.6 is 0 Å². The fourth-order valence-electron chi connectivity index (χ4n) is 2.76. The highest BCUT2D eigenvalue weighted by molar-refractivity contribution is 5.06. The first-order chi connectivity index (χ1) is 8.27. The number of nitrogens with one attached hydrogen (secondary N) is 1. The Labute approximate surface area is 105 Å². The quantitative estimate of drug-likeness (QED) is 0.744. The minimum absolute atomic E-state index is 0.444. The largest absolute Gasteiger partial charge is 0.378 e. The van der Waals surface area contributed by atoms with Gasteiger partial charge in [-0.15, -0.1) is 0 Å². The molecule has 0 bridgehead atoms. The van der Waals surface area contributed by atoms with Crippen LogP contribution in [0.5, 0.6) is 0 Å². The van der Waals surface area contributed by atoms with Gasteiger partial charge in [-0.3, -0.25) is 0 Å². The lowest BCUT2D eigenvalue weighted by atomic mass is 9.93. The first-order valence-corrected chi connectivity index (χ1v) is 6.85. The van der Waals surface area contributed by atoms with Crippen molar-refractivity contribution in [1.82, 2.24) is 5.32 Å². The van der Waals surface area contributed by atoms with Crippen LogP contribution < -0.4 is 5.32 Å². The molecule has 1 saturated heterocycles. The third-order valence-corrected chi connectivity index (χ3v) is 3.66. The van der Waals surface area contributed by atoms with E-state index < -0.39 is 0 Å². The first-order valence-electron chi connectivity index (χ1n) is 6.85. The number of ether oxygens (including phenoxy) is 2. The zero-order chi connectivity index (χ0) is 12.1. The van der Waals surface area contributed by atoms with Gasteiger partial charge in [-0.1, -0.05) is 19.9 Å². The van der Waals surface area contributed by atoms with Gasteiger partial charge < -0.3 is 14.8 Å². The van der Waals surface area contributed by atoms with E-state index in [-0.39, 0.29) is 0 Å². The minimum Gasteiger partial charge on any atom is -0.378 e. The third kappa shape index (κ3) is 3.80. The molecule has 17 heavy (non-hydrogen) atoms. The second-order valence-electron chi connectivity index (χ2n) is 5.46. The molecule has 2 heterocycles. The van der Waals surface area contributed by atoms with Crippen LogP contribution in [0.4, 0.5) is 0 Å². The second-order valence-corrected chi connectivity index (χ2v) is 5.46. The molecule has 0 saturated carbocycles. The predicted molar refractivity (Wildman–Crippen MR) is 69.1 cm³/mol. The molecule has 2 aliphatic rings. The summed E-state index contributed by atoms with van der Waals surface area (Å²) in [5, 5.41) is 3.55. The Balaban J connectivity index is 1.69. The molecule has 3 heteroatoms. The summed E-state index contributed by atoms with van der Waals surface area (Å²) < 4.78 is 11.2. The molecule has 0 aromatic carbocycles. The summed E-state index contributed by atoms with van der Waals surface area (Å²) in [5.41, 5.74) is 1.40. The maximum atomic E-state index is 5.79. The Kier molecular flexibility index (Phi) is 5.01. The highest BCUT2D eigenvalue weighted by Gasteiger charge is 2.30. The molecule has 2 aliphatic heterocycles. The Morgan fingerprint density at radius 3 is 3.00 bits per heavy atom. The van der Waals surface area contributed by atoms with Gasteiger partial charge in [0.05, 0.1) is 19.3 Å². The van der Waals surface area contributed by atoms with Crippen molar-refractivity contribution >= 4 is 0 Å². The van der Waals surface area contributed by atoms with Gasteiger partial charge in [0.2, 0.25) is 0 Å². The zero-order valence-corrected chi connectivity index (χ0v) is 11.1. The zero-order valence-electron chi connectivity index (χ0n) is 11.1. The summed E-state index contributed by atoms with van der Waals surface area (Å²) in [5.74, 6) is 1.31.